The Balaban J connectivity index is 1.39. The number of rotatable bonds is 4. The first-order chi connectivity index (χ1) is 16.3. The SMILES string of the molecule is CC1CCC(CC(=O)N2CCc3c(n(Cc4ccc(C(F)(F)F)cc4)c4ncccc34)C2)CC1. The van der Waals surface area contributed by atoms with Crippen molar-refractivity contribution in [3.05, 3.63) is 65.0 Å². The van der Waals surface area contributed by atoms with Crippen molar-refractivity contribution in [2.75, 3.05) is 6.54 Å². The molecule has 0 N–H and O–H groups in total. The van der Waals surface area contributed by atoms with Gasteiger partial charge in [-0.2, -0.15) is 13.2 Å². The fraction of sp³-hybridized carbons (Fsp3) is 0.481. The Kier molecular flexibility index (Phi) is 6.13. The van der Waals surface area contributed by atoms with Gasteiger partial charge in [0, 0.05) is 36.8 Å². The van der Waals surface area contributed by atoms with Gasteiger partial charge in [-0.15, -0.1) is 0 Å². The third-order valence-corrected chi connectivity index (χ3v) is 7.59. The van der Waals surface area contributed by atoms with Crippen LogP contribution in [0.3, 0.4) is 0 Å². The van der Waals surface area contributed by atoms with Gasteiger partial charge in [0.1, 0.15) is 5.65 Å². The van der Waals surface area contributed by atoms with Crippen LogP contribution in [0.25, 0.3) is 11.0 Å². The van der Waals surface area contributed by atoms with Gasteiger partial charge in [0.25, 0.3) is 0 Å². The van der Waals surface area contributed by atoms with E-state index in [1.807, 2.05) is 17.0 Å². The van der Waals surface area contributed by atoms with Crippen LogP contribution >= 0.6 is 0 Å². The number of nitrogens with zero attached hydrogens (tertiary/aromatic N) is 3. The number of hydrogen-bond donors (Lipinski definition) is 0. The number of pyridine rings is 1. The molecule has 0 unspecified atom stereocenters. The van der Waals surface area contributed by atoms with Gasteiger partial charge >= 0.3 is 6.18 Å². The summed E-state index contributed by atoms with van der Waals surface area (Å²) in [6, 6.07) is 9.26. The summed E-state index contributed by atoms with van der Waals surface area (Å²) in [6.45, 7) is 3.93. The molecule has 3 heterocycles. The van der Waals surface area contributed by atoms with Crippen LogP contribution in [-0.2, 0) is 30.5 Å². The van der Waals surface area contributed by atoms with Crippen LogP contribution in [0.5, 0.6) is 0 Å². The van der Waals surface area contributed by atoms with Crippen LogP contribution in [0, 0.1) is 11.8 Å². The van der Waals surface area contributed by atoms with Crippen LogP contribution in [-0.4, -0.2) is 26.9 Å². The zero-order valence-electron chi connectivity index (χ0n) is 19.4. The molecule has 1 aliphatic heterocycles. The van der Waals surface area contributed by atoms with Crippen LogP contribution in [0.15, 0.2) is 42.6 Å². The van der Waals surface area contributed by atoms with E-state index in [2.05, 4.69) is 16.5 Å². The molecule has 34 heavy (non-hydrogen) atoms. The third kappa shape index (κ3) is 4.57. The Morgan fingerprint density at radius 2 is 1.82 bits per heavy atom. The fourth-order valence-corrected chi connectivity index (χ4v) is 5.53. The van der Waals surface area contributed by atoms with E-state index >= 15 is 0 Å². The number of carbonyl (C=O) groups excluding carboxylic acids is 1. The second-order valence-electron chi connectivity index (χ2n) is 9.98. The van der Waals surface area contributed by atoms with Crippen molar-refractivity contribution in [2.24, 2.45) is 11.8 Å². The second kappa shape index (κ2) is 9.08. The number of alkyl halides is 3. The van der Waals surface area contributed by atoms with Crippen LogP contribution in [0.1, 0.15) is 61.4 Å². The summed E-state index contributed by atoms with van der Waals surface area (Å²) in [7, 11) is 0. The molecular formula is C27H30F3N3O. The number of amides is 1. The summed E-state index contributed by atoms with van der Waals surface area (Å²) in [6.07, 6.45) is 3.43. The van der Waals surface area contributed by atoms with Gasteiger partial charge in [0.15, 0.2) is 0 Å². The lowest BCUT2D eigenvalue weighted by molar-refractivity contribution is -0.137. The lowest BCUT2D eigenvalue weighted by atomic mass is 9.81. The summed E-state index contributed by atoms with van der Waals surface area (Å²) in [4.78, 5) is 19.7. The Morgan fingerprint density at radius 1 is 1.09 bits per heavy atom. The Bertz CT molecular complexity index is 1170. The first kappa shape index (κ1) is 22.9. The van der Waals surface area contributed by atoms with E-state index in [9.17, 15) is 18.0 Å². The minimum atomic E-state index is -4.35. The lowest BCUT2D eigenvalue weighted by Crippen LogP contribution is -2.37. The summed E-state index contributed by atoms with van der Waals surface area (Å²) < 4.78 is 41.0. The molecule has 1 aliphatic carbocycles. The molecule has 0 radical (unpaired) electrons. The second-order valence-corrected chi connectivity index (χ2v) is 9.98. The maximum atomic E-state index is 13.2. The van der Waals surface area contributed by atoms with Crippen molar-refractivity contribution in [2.45, 2.75) is 64.7 Å². The number of fused-ring (bicyclic) bond motifs is 3. The number of hydrogen-bond acceptors (Lipinski definition) is 2. The zero-order chi connectivity index (χ0) is 23.9. The molecule has 0 bridgehead atoms. The van der Waals surface area contributed by atoms with E-state index in [-0.39, 0.29) is 5.91 Å². The average Bonchev–Trinajstić information content (AvgIpc) is 3.13. The molecule has 0 spiro atoms. The molecule has 1 aromatic carbocycles. The number of aromatic nitrogens is 2. The quantitative estimate of drug-likeness (QED) is 0.456. The van der Waals surface area contributed by atoms with Crippen LogP contribution in [0.4, 0.5) is 13.2 Å². The highest BCUT2D eigenvalue weighted by molar-refractivity contribution is 5.84. The molecule has 0 atom stereocenters. The number of halogens is 3. The van der Waals surface area contributed by atoms with E-state index in [0.29, 0.717) is 32.0 Å². The highest BCUT2D eigenvalue weighted by Crippen LogP contribution is 2.34. The van der Waals surface area contributed by atoms with Crippen molar-refractivity contribution in [1.82, 2.24) is 14.5 Å². The van der Waals surface area contributed by atoms with Gasteiger partial charge in [-0.3, -0.25) is 4.79 Å². The van der Waals surface area contributed by atoms with Gasteiger partial charge in [-0.1, -0.05) is 31.9 Å². The Labute approximate surface area is 197 Å². The number of carbonyl (C=O) groups is 1. The predicted molar refractivity (Wildman–Crippen MR) is 125 cm³/mol. The molecule has 180 valence electrons. The normalized spacial score (nSPS) is 21.0. The van der Waals surface area contributed by atoms with Crippen LogP contribution in [0.2, 0.25) is 0 Å². The van der Waals surface area contributed by atoms with Gasteiger partial charge in [0.05, 0.1) is 12.1 Å². The molecule has 2 aliphatic rings. The van der Waals surface area contributed by atoms with E-state index in [4.69, 9.17) is 0 Å². The van der Waals surface area contributed by atoms with Gasteiger partial charge in [0.2, 0.25) is 5.91 Å². The molecule has 1 amide bonds. The van der Waals surface area contributed by atoms with Crippen molar-refractivity contribution < 1.29 is 18.0 Å². The Hall–Kier alpha value is -2.83. The van der Waals surface area contributed by atoms with Crippen molar-refractivity contribution >= 4 is 16.9 Å². The molecule has 2 aromatic heterocycles. The molecule has 0 saturated heterocycles. The highest BCUT2D eigenvalue weighted by Gasteiger charge is 2.31. The monoisotopic (exact) mass is 469 g/mol. The molecule has 1 saturated carbocycles. The highest BCUT2D eigenvalue weighted by atomic mass is 19.4. The Morgan fingerprint density at radius 3 is 2.53 bits per heavy atom. The predicted octanol–water partition coefficient (Wildman–Crippen LogP) is 6.20. The third-order valence-electron chi connectivity index (χ3n) is 7.59. The standard InChI is InChI=1S/C27H30F3N3O/c1-18-4-6-19(7-5-18)15-25(34)32-14-12-22-23-3-2-13-31-26(23)33(24(22)17-32)16-20-8-10-21(11-9-20)27(28,29)30/h2-3,8-11,13,18-19H,4-7,12,14-17H2,1H3. The smallest absolute Gasteiger partial charge is 0.337 e. The maximum Gasteiger partial charge on any atom is 0.416 e. The topological polar surface area (TPSA) is 38.1 Å². The minimum Gasteiger partial charge on any atom is -0.337 e. The van der Waals surface area contributed by atoms with Crippen molar-refractivity contribution in [1.29, 1.82) is 0 Å². The first-order valence-corrected chi connectivity index (χ1v) is 12.2. The van der Waals surface area contributed by atoms with E-state index in [1.54, 1.807) is 6.20 Å². The maximum absolute atomic E-state index is 13.2. The molecular weight excluding hydrogens is 439 g/mol. The van der Waals surface area contributed by atoms with Crippen molar-refractivity contribution in [3.63, 3.8) is 0 Å². The summed E-state index contributed by atoms with van der Waals surface area (Å²) in [5.41, 5.74) is 3.19. The average molecular weight is 470 g/mol. The summed E-state index contributed by atoms with van der Waals surface area (Å²) >= 11 is 0. The van der Waals surface area contributed by atoms with Crippen LogP contribution < -0.4 is 0 Å². The minimum absolute atomic E-state index is 0.212. The molecule has 5 rings (SSSR count). The largest absolute Gasteiger partial charge is 0.416 e. The number of benzene rings is 1. The van der Waals surface area contributed by atoms with Crippen molar-refractivity contribution in [3.8, 4) is 0 Å². The summed E-state index contributed by atoms with van der Waals surface area (Å²) in [5, 5.41) is 1.07. The zero-order valence-corrected chi connectivity index (χ0v) is 19.4. The fourth-order valence-electron chi connectivity index (χ4n) is 5.53. The van der Waals surface area contributed by atoms with E-state index in [0.717, 1.165) is 59.6 Å². The molecule has 1 fully saturated rings. The molecule has 4 nitrogen and oxygen atoms in total. The van der Waals surface area contributed by atoms with E-state index in [1.165, 1.54) is 30.5 Å². The summed E-state index contributed by atoms with van der Waals surface area (Å²) in [5.74, 6) is 1.45. The van der Waals surface area contributed by atoms with E-state index < -0.39 is 11.7 Å². The first-order valence-electron chi connectivity index (χ1n) is 12.2. The molecule has 7 heteroatoms. The van der Waals surface area contributed by atoms with Gasteiger partial charge in [-0.25, -0.2) is 4.98 Å². The van der Waals surface area contributed by atoms with Gasteiger partial charge < -0.3 is 9.47 Å². The lowest BCUT2D eigenvalue weighted by Gasteiger charge is -2.31. The van der Waals surface area contributed by atoms with Gasteiger partial charge in [-0.05, 0) is 66.5 Å². The molecule has 3 aromatic rings.